The first-order valence-electron chi connectivity index (χ1n) is 14.3. The van der Waals surface area contributed by atoms with E-state index in [9.17, 15) is 4.79 Å². The lowest BCUT2D eigenvalue weighted by molar-refractivity contribution is -0.00869. The molecule has 3 aliphatic rings. The second-order valence-electron chi connectivity index (χ2n) is 10.1. The third-order valence-electron chi connectivity index (χ3n) is 7.32. The smallest absolute Gasteiger partial charge is 0.493 e. The highest BCUT2D eigenvalue weighted by Gasteiger charge is 2.43. The van der Waals surface area contributed by atoms with Gasteiger partial charge in [0.05, 0.1) is 47.3 Å². The molecule has 0 radical (unpaired) electrons. The van der Waals surface area contributed by atoms with Crippen molar-refractivity contribution in [1.29, 1.82) is 0 Å². The molecule has 4 heterocycles. The van der Waals surface area contributed by atoms with Crippen LogP contribution in [0.4, 0.5) is 0 Å². The van der Waals surface area contributed by atoms with Gasteiger partial charge in [0.2, 0.25) is 5.75 Å². The van der Waals surface area contributed by atoms with Gasteiger partial charge in [0.15, 0.2) is 17.3 Å². The van der Waals surface area contributed by atoms with E-state index in [1.807, 2.05) is 6.20 Å². The SMILES string of the molecule is COc1ccc(/C=C/C(=O)c2ccc(OCc3cn(CCC[Si]45OCCN(CCO4)CCO5)nn3)cc2)c(OC)c1OC. The molecule has 43 heavy (non-hydrogen) atoms. The first kappa shape index (κ1) is 30.7. The van der Waals surface area contributed by atoms with E-state index in [1.165, 1.54) is 13.2 Å². The van der Waals surface area contributed by atoms with E-state index in [4.69, 9.17) is 32.2 Å². The van der Waals surface area contributed by atoms with E-state index in [1.54, 1.807) is 61.4 Å². The summed E-state index contributed by atoms with van der Waals surface area (Å²) < 4.78 is 42.2. The van der Waals surface area contributed by atoms with Crippen molar-refractivity contribution in [3.63, 3.8) is 0 Å². The lowest BCUT2D eigenvalue weighted by Crippen LogP contribution is -2.55. The largest absolute Gasteiger partial charge is 0.501 e. The summed E-state index contributed by atoms with van der Waals surface area (Å²) in [4.78, 5) is 15.1. The van der Waals surface area contributed by atoms with Crippen LogP contribution >= 0.6 is 0 Å². The van der Waals surface area contributed by atoms with Crippen LogP contribution in [0, 0.1) is 0 Å². The normalized spacial score (nSPS) is 20.3. The van der Waals surface area contributed by atoms with Gasteiger partial charge in [0.25, 0.3) is 0 Å². The zero-order valence-corrected chi connectivity index (χ0v) is 25.8. The molecule has 3 fully saturated rings. The highest BCUT2D eigenvalue weighted by Crippen LogP contribution is 2.40. The number of ketones is 1. The molecule has 0 unspecified atom stereocenters. The topological polar surface area (TPSA) is 116 Å². The molecule has 1 aromatic heterocycles. The molecule has 0 N–H and O–H groups in total. The Kier molecular flexibility index (Phi) is 10.4. The number of allylic oxidation sites excluding steroid dienone is 1. The monoisotopic (exact) mass is 610 g/mol. The Morgan fingerprint density at radius 1 is 0.930 bits per heavy atom. The molecule has 13 heteroatoms. The summed E-state index contributed by atoms with van der Waals surface area (Å²) in [7, 11) is 2.00. The zero-order valence-electron chi connectivity index (χ0n) is 24.8. The molecule has 0 spiro atoms. The molecule has 3 aromatic rings. The van der Waals surface area contributed by atoms with E-state index in [0.29, 0.717) is 66.2 Å². The molecule has 2 aromatic carbocycles. The maximum Gasteiger partial charge on any atom is 0.501 e. The summed E-state index contributed by atoms with van der Waals surface area (Å²) >= 11 is 0. The molecule has 3 aliphatic heterocycles. The van der Waals surface area contributed by atoms with E-state index < -0.39 is 8.80 Å². The molecule has 0 amide bonds. The Bertz CT molecular complexity index is 1370. The summed E-state index contributed by atoms with van der Waals surface area (Å²) in [6, 6.07) is 11.3. The van der Waals surface area contributed by atoms with Crippen LogP contribution in [0.2, 0.25) is 6.04 Å². The van der Waals surface area contributed by atoms with Gasteiger partial charge >= 0.3 is 8.80 Å². The van der Waals surface area contributed by atoms with Crippen molar-refractivity contribution in [2.45, 2.75) is 25.6 Å². The predicted octanol–water partition coefficient (Wildman–Crippen LogP) is 3.49. The van der Waals surface area contributed by atoms with E-state index in [-0.39, 0.29) is 12.4 Å². The van der Waals surface area contributed by atoms with Gasteiger partial charge < -0.3 is 32.2 Å². The quantitative estimate of drug-likeness (QED) is 0.161. The Morgan fingerprint density at radius 3 is 2.28 bits per heavy atom. The fraction of sp³-hybridized carbons (Fsp3) is 0.433. The minimum absolute atomic E-state index is 0.157. The number of methoxy groups -OCH3 is 3. The standard InChI is InChI=1S/C30H38N4O8Si/c1-36-28-12-8-24(29(37-2)30(28)38-3)7-11-27(35)23-5-9-26(10-6-23)39-22-25-21-34(32-31-25)13-4-20-43-40-17-14-33(15-18-41-43)16-19-42-43/h5-12,21H,4,13-20,22H2,1-3H3/b11-7+. The fourth-order valence-electron chi connectivity index (χ4n) is 5.03. The number of carbonyl (C=O) groups excluding carboxylic acids is 1. The first-order chi connectivity index (χ1) is 21.0. The maximum absolute atomic E-state index is 12.8. The van der Waals surface area contributed by atoms with Crippen molar-refractivity contribution in [2.24, 2.45) is 0 Å². The number of nitrogens with zero attached hydrogens (tertiary/aromatic N) is 4. The number of carbonyl (C=O) groups is 1. The average molecular weight is 611 g/mol. The number of rotatable bonds is 13. The summed E-state index contributed by atoms with van der Waals surface area (Å²) in [6.45, 7) is 5.69. The third-order valence-corrected chi connectivity index (χ3v) is 10.2. The first-order valence-corrected chi connectivity index (χ1v) is 16.2. The van der Waals surface area contributed by atoms with Crippen molar-refractivity contribution in [3.05, 3.63) is 65.5 Å². The maximum atomic E-state index is 12.8. The summed E-state index contributed by atoms with van der Waals surface area (Å²) in [5.41, 5.74) is 1.93. The highest BCUT2D eigenvalue weighted by atomic mass is 28.4. The van der Waals surface area contributed by atoms with Crippen LogP contribution in [0.25, 0.3) is 6.08 Å². The average Bonchev–Trinajstić information content (AvgIpc) is 3.46. The summed E-state index contributed by atoms with van der Waals surface area (Å²) in [5, 5.41) is 8.46. The number of hydrogen-bond acceptors (Lipinski definition) is 11. The molecular formula is C30H38N4O8Si. The number of benzene rings is 2. The van der Waals surface area contributed by atoms with Gasteiger partial charge in [-0.05, 0) is 55.0 Å². The van der Waals surface area contributed by atoms with Crippen LogP contribution in [-0.4, -0.2) is 95.3 Å². The molecule has 0 saturated carbocycles. The minimum atomic E-state index is -2.64. The number of aromatic nitrogens is 3. The van der Waals surface area contributed by atoms with Crippen LogP contribution < -0.4 is 18.9 Å². The van der Waals surface area contributed by atoms with Crippen LogP contribution in [0.1, 0.15) is 28.0 Å². The van der Waals surface area contributed by atoms with E-state index in [0.717, 1.165) is 32.1 Å². The van der Waals surface area contributed by atoms with E-state index >= 15 is 0 Å². The molecule has 0 atom stereocenters. The summed E-state index contributed by atoms with van der Waals surface area (Å²) in [6.07, 6.45) is 5.88. The Hall–Kier alpha value is -3.75. The number of fused-ring (bicyclic) bond motifs is 6. The zero-order chi connectivity index (χ0) is 30.1. The van der Waals surface area contributed by atoms with Crippen molar-refractivity contribution >= 4 is 20.7 Å². The van der Waals surface area contributed by atoms with Gasteiger partial charge in [0.1, 0.15) is 18.1 Å². The van der Waals surface area contributed by atoms with Crippen molar-refractivity contribution < 1.29 is 37.0 Å². The third kappa shape index (κ3) is 7.80. The number of aryl methyl sites for hydroxylation is 1. The molecular weight excluding hydrogens is 572 g/mol. The molecule has 0 aliphatic carbocycles. The van der Waals surface area contributed by atoms with Crippen molar-refractivity contribution in [1.82, 2.24) is 19.9 Å². The van der Waals surface area contributed by atoms with Gasteiger partial charge in [-0.25, -0.2) is 0 Å². The second-order valence-corrected chi connectivity index (χ2v) is 12.8. The minimum Gasteiger partial charge on any atom is -0.493 e. The Morgan fingerprint density at radius 2 is 1.63 bits per heavy atom. The van der Waals surface area contributed by atoms with Gasteiger partial charge in [-0.1, -0.05) is 5.21 Å². The predicted molar refractivity (Wildman–Crippen MR) is 160 cm³/mol. The van der Waals surface area contributed by atoms with Gasteiger partial charge in [-0.3, -0.25) is 14.4 Å². The number of ether oxygens (including phenoxy) is 4. The lowest BCUT2D eigenvalue weighted by Gasteiger charge is -2.38. The van der Waals surface area contributed by atoms with Crippen molar-refractivity contribution in [2.75, 3.05) is 60.8 Å². The lowest BCUT2D eigenvalue weighted by atomic mass is 10.1. The molecule has 2 bridgehead atoms. The van der Waals surface area contributed by atoms with Crippen LogP contribution in [0.5, 0.6) is 23.0 Å². The van der Waals surface area contributed by atoms with Gasteiger partial charge in [0, 0.05) is 43.4 Å². The molecule has 230 valence electrons. The van der Waals surface area contributed by atoms with Crippen LogP contribution in [0.3, 0.4) is 0 Å². The van der Waals surface area contributed by atoms with Crippen LogP contribution in [-0.2, 0) is 26.4 Å². The van der Waals surface area contributed by atoms with Gasteiger partial charge in [-0.2, -0.15) is 0 Å². The Balaban J connectivity index is 1.10. The molecule has 12 nitrogen and oxygen atoms in total. The molecule has 3 saturated heterocycles. The van der Waals surface area contributed by atoms with E-state index in [2.05, 4.69) is 15.2 Å². The summed E-state index contributed by atoms with van der Waals surface area (Å²) in [5.74, 6) is 1.97. The second kappa shape index (κ2) is 14.6. The Labute approximate surface area is 252 Å². The highest BCUT2D eigenvalue weighted by molar-refractivity contribution is 6.60. The number of hydrogen-bond donors (Lipinski definition) is 0. The van der Waals surface area contributed by atoms with Crippen LogP contribution in [0.15, 0.2) is 48.7 Å². The fourth-order valence-corrected chi connectivity index (χ4v) is 7.51. The van der Waals surface area contributed by atoms with Gasteiger partial charge in [-0.15, -0.1) is 5.10 Å². The molecule has 6 rings (SSSR count). The van der Waals surface area contributed by atoms with Crippen molar-refractivity contribution in [3.8, 4) is 23.0 Å².